The zero-order valence-corrected chi connectivity index (χ0v) is 25.0. The molecule has 0 aromatic heterocycles. The van der Waals surface area contributed by atoms with Gasteiger partial charge in [0.1, 0.15) is 19.3 Å². The second kappa shape index (κ2) is 21.2. The summed E-state index contributed by atoms with van der Waals surface area (Å²) in [5.74, 6) is -2.13. The molecule has 2 rings (SSSR count). The van der Waals surface area contributed by atoms with Gasteiger partial charge in [0, 0.05) is 13.0 Å². The van der Waals surface area contributed by atoms with Gasteiger partial charge in [0.2, 0.25) is 11.8 Å². The first-order valence-corrected chi connectivity index (χ1v) is 14.5. The van der Waals surface area contributed by atoms with E-state index >= 15 is 0 Å². The number of carbonyl (C=O) groups excluding carboxylic acids is 4. The maximum absolute atomic E-state index is 13.3. The Morgan fingerprint density at radius 1 is 0.841 bits per heavy atom. The predicted molar refractivity (Wildman–Crippen MR) is 165 cm³/mol. The third-order valence-electron chi connectivity index (χ3n) is 6.35. The third kappa shape index (κ3) is 14.6. The van der Waals surface area contributed by atoms with Crippen LogP contribution in [-0.4, -0.2) is 74.0 Å². The maximum atomic E-state index is 13.3. The van der Waals surface area contributed by atoms with Gasteiger partial charge >= 0.3 is 12.1 Å². The van der Waals surface area contributed by atoms with Crippen molar-refractivity contribution in [1.82, 2.24) is 16.0 Å². The minimum atomic E-state index is -1.04. The topological polar surface area (TPSA) is 152 Å². The molecule has 3 amide bonds. The molecular formula is C33H43N3O8. The Bertz CT molecular complexity index is 1180. The van der Waals surface area contributed by atoms with Crippen LogP contribution >= 0.6 is 0 Å². The van der Waals surface area contributed by atoms with Crippen molar-refractivity contribution in [2.75, 3.05) is 33.0 Å². The second-order valence-corrected chi connectivity index (χ2v) is 9.92. The van der Waals surface area contributed by atoms with Gasteiger partial charge in [0.15, 0.2) is 0 Å². The van der Waals surface area contributed by atoms with Gasteiger partial charge < -0.3 is 35.3 Å². The average Bonchev–Trinajstić information content (AvgIpc) is 3.03. The Labute approximate surface area is 258 Å². The van der Waals surface area contributed by atoms with Gasteiger partial charge in [-0.2, -0.15) is 0 Å². The number of aliphatic hydroxyl groups is 1. The summed E-state index contributed by atoms with van der Waals surface area (Å²) in [4.78, 5) is 51.1. The van der Waals surface area contributed by atoms with Crippen molar-refractivity contribution in [3.05, 3.63) is 97.1 Å². The number of nitrogens with one attached hydrogen (secondary N) is 3. The number of amides is 3. The minimum absolute atomic E-state index is 0.0368. The monoisotopic (exact) mass is 609 g/mol. The quantitative estimate of drug-likeness (QED) is 0.0958. The van der Waals surface area contributed by atoms with E-state index < -0.39 is 30.1 Å². The lowest BCUT2D eigenvalue weighted by atomic mass is 9.98. The highest BCUT2D eigenvalue weighted by Gasteiger charge is 2.26. The van der Waals surface area contributed by atoms with Gasteiger partial charge in [-0.3, -0.25) is 9.59 Å². The summed E-state index contributed by atoms with van der Waals surface area (Å²) in [5, 5.41) is 16.9. The predicted octanol–water partition coefficient (Wildman–Crippen LogP) is 2.84. The summed E-state index contributed by atoms with van der Waals surface area (Å²) in [6.45, 7) is 7.76. The summed E-state index contributed by atoms with van der Waals surface area (Å²) < 4.78 is 15.9. The first-order valence-electron chi connectivity index (χ1n) is 14.5. The van der Waals surface area contributed by atoms with Crippen LogP contribution in [0.1, 0.15) is 30.4 Å². The van der Waals surface area contributed by atoms with Crippen molar-refractivity contribution in [2.45, 2.75) is 44.4 Å². The van der Waals surface area contributed by atoms with Crippen molar-refractivity contribution in [2.24, 2.45) is 5.92 Å². The highest BCUT2D eigenvalue weighted by Crippen LogP contribution is 2.12. The van der Waals surface area contributed by atoms with E-state index in [1.807, 2.05) is 60.7 Å². The summed E-state index contributed by atoms with van der Waals surface area (Å²) in [6, 6.07) is 16.8. The molecule has 0 aliphatic heterocycles. The van der Waals surface area contributed by atoms with Crippen LogP contribution in [0, 0.1) is 5.92 Å². The van der Waals surface area contributed by atoms with E-state index in [4.69, 9.17) is 19.3 Å². The molecule has 11 nitrogen and oxygen atoms in total. The van der Waals surface area contributed by atoms with Crippen molar-refractivity contribution in [3.63, 3.8) is 0 Å². The molecule has 0 unspecified atom stereocenters. The number of rotatable bonds is 21. The van der Waals surface area contributed by atoms with Crippen LogP contribution < -0.4 is 16.0 Å². The molecule has 2 aromatic carbocycles. The van der Waals surface area contributed by atoms with Gasteiger partial charge in [-0.05, 0) is 30.4 Å². The lowest BCUT2D eigenvalue weighted by Crippen LogP contribution is -2.46. The fourth-order valence-corrected chi connectivity index (χ4v) is 4.15. The van der Waals surface area contributed by atoms with E-state index in [1.54, 1.807) is 6.08 Å². The number of ether oxygens (including phenoxy) is 3. The fraction of sp³-hybridized carbons (Fsp3) is 0.394. The minimum Gasteiger partial charge on any atom is -0.462 e. The molecule has 0 saturated carbocycles. The highest BCUT2D eigenvalue weighted by molar-refractivity contribution is 5.86. The van der Waals surface area contributed by atoms with Gasteiger partial charge in [0.25, 0.3) is 0 Å². The molecule has 0 fully saturated rings. The lowest BCUT2D eigenvalue weighted by Gasteiger charge is -2.23. The Morgan fingerprint density at radius 3 is 2.14 bits per heavy atom. The molecule has 0 spiro atoms. The molecule has 0 heterocycles. The number of carbonyl (C=O) groups is 4. The van der Waals surface area contributed by atoms with Crippen LogP contribution in [0.2, 0.25) is 0 Å². The molecular weight excluding hydrogens is 566 g/mol. The highest BCUT2D eigenvalue weighted by atomic mass is 16.6. The van der Waals surface area contributed by atoms with E-state index in [0.29, 0.717) is 6.42 Å². The van der Waals surface area contributed by atoms with Gasteiger partial charge in [-0.1, -0.05) is 72.8 Å². The molecule has 2 aromatic rings. The smallest absolute Gasteiger partial charge is 0.408 e. The Hall–Kier alpha value is -4.48. The number of hydrogen-bond acceptors (Lipinski definition) is 8. The Balaban J connectivity index is 2.00. The third-order valence-corrected chi connectivity index (χ3v) is 6.35. The van der Waals surface area contributed by atoms with E-state index in [2.05, 4.69) is 29.1 Å². The number of allylic oxidation sites excluding steroid dienone is 1. The summed E-state index contributed by atoms with van der Waals surface area (Å²) >= 11 is 0. The molecule has 0 bridgehead atoms. The van der Waals surface area contributed by atoms with Crippen molar-refractivity contribution in [3.8, 4) is 0 Å². The van der Waals surface area contributed by atoms with Crippen LogP contribution in [0.3, 0.4) is 0 Å². The number of esters is 1. The van der Waals surface area contributed by atoms with Crippen LogP contribution in [0.4, 0.5) is 4.79 Å². The maximum Gasteiger partial charge on any atom is 0.408 e. The summed E-state index contributed by atoms with van der Waals surface area (Å²) in [7, 11) is 0. The van der Waals surface area contributed by atoms with Gasteiger partial charge in [-0.25, -0.2) is 9.59 Å². The lowest BCUT2D eigenvalue weighted by molar-refractivity contribution is -0.147. The molecule has 238 valence electrons. The summed E-state index contributed by atoms with van der Waals surface area (Å²) in [6.07, 6.45) is 2.91. The summed E-state index contributed by atoms with van der Waals surface area (Å²) in [5.41, 5.74) is 1.70. The molecule has 44 heavy (non-hydrogen) atoms. The van der Waals surface area contributed by atoms with Crippen molar-refractivity contribution >= 4 is 23.9 Å². The van der Waals surface area contributed by atoms with Gasteiger partial charge in [-0.15, -0.1) is 13.2 Å². The van der Waals surface area contributed by atoms with E-state index in [-0.39, 0.29) is 70.7 Å². The Morgan fingerprint density at radius 2 is 1.50 bits per heavy atom. The van der Waals surface area contributed by atoms with Crippen molar-refractivity contribution in [1.29, 1.82) is 0 Å². The second-order valence-electron chi connectivity index (χ2n) is 9.92. The normalized spacial score (nSPS) is 12.6. The van der Waals surface area contributed by atoms with E-state index in [9.17, 15) is 19.2 Å². The zero-order valence-electron chi connectivity index (χ0n) is 25.0. The first kappa shape index (κ1) is 35.7. The molecule has 11 heteroatoms. The first-order chi connectivity index (χ1) is 21.4. The SMILES string of the molecule is C=CC[C@H](CC(=O)NCCOCCO)C(=O)N[C@@H](COC(=O)[C@@H](CC=C)NC(=O)OCc1ccccc1)Cc1ccccc1. The molecule has 0 saturated heterocycles. The molecule has 0 radical (unpaired) electrons. The molecule has 0 aliphatic rings. The zero-order chi connectivity index (χ0) is 32.0. The van der Waals surface area contributed by atoms with Crippen LogP contribution in [-0.2, 0) is 41.6 Å². The molecule has 0 aliphatic carbocycles. The van der Waals surface area contributed by atoms with Crippen LogP contribution in [0.25, 0.3) is 0 Å². The fourth-order valence-electron chi connectivity index (χ4n) is 4.15. The van der Waals surface area contributed by atoms with E-state index in [0.717, 1.165) is 11.1 Å². The van der Waals surface area contributed by atoms with Gasteiger partial charge in [0.05, 0.1) is 31.8 Å². The number of alkyl carbamates (subject to hydrolysis) is 1. The Kier molecular flexibility index (Phi) is 17.2. The largest absolute Gasteiger partial charge is 0.462 e. The molecule has 4 N–H and O–H groups in total. The van der Waals surface area contributed by atoms with E-state index in [1.165, 1.54) is 6.08 Å². The van der Waals surface area contributed by atoms with Crippen LogP contribution in [0.15, 0.2) is 86.0 Å². The average molecular weight is 610 g/mol. The standard InChI is InChI=1S/C33H43N3O8/c1-3-11-27(22-30(38)34-17-19-42-20-18-37)31(39)35-28(21-25-13-7-5-8-14-25)24-43-32(40)29(12-4-2)36-33(41)44-23-26-15-9-6-10-16-26/h3-10,13-16,27-29,37H,1-2,11-12,17-24H2,(H,34,38)(H,35,39)(H,36,41)/t27-,28-,29-/m1/s1. The number of aliphatic hydroxyl groups excluding tert-OH is 1. The number of hydrogen-bond donors (Lipinski definition) is 4. The van der Waals surface area contributed by atoms with Crippen molar-refractivity contribution < 1.29 is 38.5 Å². The number of benzene rings is 2. The molecule has 3 atom stereocenters. The van der Waals surface area contributed by atoms with Crippen LogP contribution in [0.5, 0.6) is 0 Å².